The van der Waals surface area contributed by atoms with E-state index >= 15 is 0 Å². The van der Waals surface area contributed by atoms with Crippen molar-refractivity contribution in [3.8, 4) is 11.3 Å². The van der Waals surface area contributed by atoms with Crippen LogP contribution in [-0.2, 0) is 6.54 Å². The Bertz CT molecular complexity index is 1280. The predicted octanol–water partition coefficient (Wildman–Crippen LogP) is 5.44. The second-order valence-electron chi connectivity index (χ2n) is 6.31. The van der Waals surface area contributed by atoms with Gasteiger partial charge in [-0.25, -0.2) is 14.6 Å². The third-order valence-electron chi connectivity index (χ3n) is 4.58. The van der Waals surface area contributed by atoms with Crippen LogP contribution in [0.4, 0.5) is 0 Å². The highest BCUT2D eigenvalue weighted by atomic mass is 79.9. The van der Waals surface area contributed by atoms with Crippen molar-refractivity contribution < 1.29 is 0 Å². The maximum Gasteiger partial charge on any atom is 0.137 e. The standard InChI is InChI=1S/C20H13BrClN5/c21-13-1-4-18-16(6-13)17(8-24-18)19-5-12(9-27-11-23-10-25-27)15-3-2-14(22)7-20(15)26-19/h1-8,10-11,24H,9H2. The summed E-state index contributed by atoms with van der Waals surface area (Å²) in [6.45, 7) is 0.611. The van der Waals surface area contributed by atoms with Crippen molar-refractivity contribution >= 4 is 49.3 Å². The first-order chi connectivity index (χ1) is 13.2. The third kappa shape index (κ3) is 3.01. The average molecular weight is 439 g/mol. The lowest BCUT2D eigenvalue weighted by atomic mass is 10.0. The van der Waals surface area contributed by atoms with Gasteiger partial charge in [0.25, 0.3) is 0 Å². The minimum absolute atomic E-state index is 0.611. The van der Waals surface area contributed by atoms with E-state index in [0.29, 0.717) is 11.6 Å². The molecule has 3 heterocycles. The van der Waals surface area contributed by atoms with E-state index in [2.05, 4.69) is 49.2 Å². The monoisotopic (exact) mass is 437 g/mol. The number of rotatable bonds is 3. The summed E-state index contributed by atoms with van der Waals surface area (Å²) < 4.78 is 2.83. The SMILES string of the molecule is Clc1ccc2c(Cn3cncn3)cc(-c3c[nH]c4ccc(Br)cc34)nc2c1. The van der Waals surface area contributed by atoms with Gasteiger partial charge in [-0.15, -0.1) is 0 Å². The van der Waals surface area contributed by atoms with Crippen LogP contribution >= 0.6 is 27.5 Å². The number of fused-ring (bicyclic) bond motifs is 2. The highest BCUT2D eigenvalue weighted by molar-refractivity contribution is 9.10. The lowest BCUT2D eigenvalue weighted by Gasteiger charge is -2.10. The number of aromatic nitrogens is 5. The van der Waals surface area contributed by atoms with E-state index in [-0.39, 0.29) is 0 Å². The smallest absolute Gasteiger partial charge is 0.137 e. The molecule has 0 radical (unpaired) electrons. The minimum Gasteiger partial charge on any atom is -0.360 e. The Kier molecular flexibility index (Phi) is 3.95. The molecule has 0 unspecified atom stereocenters. The van der Waals surface area contributed by atoms with Gasteiger partial charge in [0.05, 0.1) is 17.8 Å². The number of halogens is 2. The fourth-order valence-electron chi connectivity index (χ4n) is 3.34. The molecule has 0 aliphatic heterocycles. The fraction of sp³-hybridized carbons (Fsp3) is 0.0500. The summed E-state index contributed by atoms with van der Waals surface area (Å²) >= 11 is 9.78. The summed E-state index contributed by atoms with van der Waals surface area (Å²) in [6, 6.07) is 14.1. The Balaban J connectivity index is 1.75. The number of hydrogen-bond acceptors (Lipinski definition) is 3. The Labute approximate surface area is 168 Å². The fourth-order valence-corrected chi connectivity index (χ4v) is 3.86. The van der Waals surface area contributed by atoms with Crippen LogP contribution in [0, 0.1) is 0 Å². The molecule has 0 amide bonds. The largest absolute Gasteiger partial charge is 0.360 e. The summed E-state index contributed by atoms with van der Waals surface area (Å²) in [5.41, 5.74) is 4.98. The number of hydrogen-bond donors (Lipinski definition) is 1. The third-order valence-corrected chi connectivity index (χ3v) is 5.30. The molecule has 0 saturated heterocycles. The zero-order chi connectivity index (χ0) is 18.4. The number of nitrogens with zero attached hydrogens (tertiary/aromatic N) is 4. The summed E-state index contributed by atoms with van der Waals surface area (Å²) in [7, 11) is 0. The molecule has 7 heteroatoms. The van der Waals surface area contributed by atoms with Gasteiger partial charge in [0.15, 0.2) is 0 Å². The van der Waals surface area contributed by atoms with Crippen molar-refractivity contribution in [2.75, 3.05) is 0 Å². The average Bonchev–Trinajstić information content (AvgIpc) is 3.30. The molecule has 0 bridgehead atoms. The molecule has 27 heavy (non-hydrogen) atoms. The predicted molar refractivity (Wildman–Crippen MR) is 111 cm³/mol. The summed E-state index contributed by atoms with van der Waals surface area (Å²) in [5.74, 6) is 0. The van der Waals surface area contributed by atoms with Gasteiger partial charge in [-0.1, -0.05) is 33.6 Å². The molecule has 0 aliphatic rings. The molecule has 5 rings (SSSR count). The molecule has 5 aromatic rings. The molecule has 0 saturated carbocycles. The van der Waals surface area contributed by atoms with E-state index in [4.69, 9.17) is 16.6 Å². The molecule has 0 fully saturated rings. The molecule has 3 aromatic heterocycles. The summed E-state index contributed by atoms with van der Waals surface area (Å²) in [4.78, 5) is 12.2. The van der Waals surface area contributed by atoms with Crippen molar-refractivity contribution in [2.24, 2.45) is 0 Å². The van der Waals surface area contributed by atoms with Crippen LogP contribution in [0.3, 0.4) is 0 Å². The minimum atomic E-state index is 0.611. The van der Waals surface area contributed by atoms with Gasteiger partial charge in [0.2, 0.25) is 0 Å². The number of aromatic amines is 1. The number of pyridine rings is 1. The first-order valence-electron chi connectivity index (χ1n) is 8.36. The number of nitrogens with one attached hydrogen (secondary N) is 1. The van der Waals surface area contributed by atoms with Crippen LogP contribution in [0.15, 0.2) is 65.8 Å². The molecular formula is C20H13BrClN5. The van der Waals surface area contributed by atoms with Gasteiger partial charge >= 0.3 is 0 Å². The normalized spacial score (nSPS) is 11.5. The van der Waals surface area contributed by atoms with Crippen molar-refractivity contribution in [1.29, 1.82) is 0 Å². The van der Waals surface area contributed by atoms with Crippen LogP contribution in [0.2, 0.25) is 5.02 Å². The molecule has 5 nitrogen and oxygen atoms in total. The Morgan fingerprint density at radius 2 is 2.00 bits per heavy atom. The van der Waals surface area contributed by atoms with Gasteiger partial charge in [-0.2, -0.15) is 5.10 Å². The van der Waals surface area contributed by atoms with Gasteiger partial charge in [-0.05, 0) is 42.0 Å². The summed E-state index contributed by atoms with van der Waals surface area (Å²) in [6.07, 6.45) is 5.25. The highest BCUT2D eigenvalue weighted by Crippen LogP contribution is 2.33. The lowest BCUT2D eigenvalue weighted by Crippen LogP contribution is -2.02. The van der Waals surface area contributed by atoms with E-state index in [1.54, 1.807) is 17.3 Å². The van der Waals surface area contributed by atoms with Gasteiger partial charge in [0.1, 0.15) is 12.7 Å². The topological polar surface area (TPSA) is 59.4 Å². The molecule has 2 aromatic carbocycles. The molecule has 1 N–H and O–H groups in total. The van der Waals surface area contributed by atoms with Crippen molar-refractivity contribution in [3.63, 3.8) is 0 Å². The van der Waals surface area contributed by atoms with E-state index in [9.17, 15) is 0 Å². The summed E-state index contributed by atoms with van der Waals surface area (Å²) in [5, 5.41) is 7.07. The van der Waals surface area contributed by atoms with Crippen molar-refractivity contribution in [1.82, 2.24) is 24.7 Å². The first kappa shape index (κ1) is 16.5. The number of H-pyrrole nitrogens is 1. The Hall–Kier alpha value is -2.70. The Morgan fingerprint density at radius 1 is 1.07 bits per heavy atom. The van der Waals surface area contributed by atoms with Crippen LogP contribution in [0.25, 0.3) is 33.1 Å². The van der Waals surface area contributed by atoms with Crippen LogP contribution in [0.5, 0.6) is 0 Å². The number of benzene rings is 2. The maximum atomic E-state index is 6.23. The Morgan fingerprint density at radius 3 is 2.85 bits per heavy atom. The zero-order valence-electron chi connectivity index (χ0n) is 14.0. The van der Waals surface area contributed by atoms with Gasteiger partial charge in [-0.3, -0.25) is 0 Å². The molecule has 132 valence electrons. The van der Waals surface area contributed by atoms with Crippen molar-refractivity contribution in [2.45, 2.75) is 6.54 Å². The molecule has 0 atom stereocenters. The first-order valence-corrected chi connectivity index (χ1v) is 9.53. The second-order valence-corrected chi connectivity index (χ2v) is 7.67. The van der Waals surface area contributed by atoms with Gasteiger partial charge in [0, 0.05) is 37.5 Å². The van der Waals surface area contributed by atoms with Crippen LogP contribution in [0.1, 0.15) is 5.56 Å². The van der Waals surface area contributed by atoms with Gasteiger partial charge < -0.3 is 4.98 Å². The van der Waals surface area contributed by atoms with Crippen molar-refractivity contribution in [3.05, 3.63) is 76.4 Å². The molecule has 0 spiro atoms. The zero-order valence-corrected chi connectivity index (χ0v) is 16.4. The maximum absolute atomic E-state index is 6.23. The highest BCUT2D eigenvalue weighted by Gasteiger charge is 2.13. The van der Waals surface area contributed by atoms with E-state index < -0.39 is 0 Å². The molecular weight excluding hydrogens is 426 g/mol. The lowest BCUT2D eigenvalue weighted by molar-refractivity contribution is 0.688. The van der Waals surface area contributed by atoms with E-state index in [0.717, 1.165) is 43.1 Å². The van der Waals surface area contributed by atoms with E-state index in [1.807, 2.05) is 30.5 Å². The molecule has 0 aliphatic carbocycles. The second kappa shape index (κ2) is 6.48. The van der Waals surface area contributed by atoms with Crippen LogP contribution < -0.4 is 0 Å². The van der Waals surface area contributed by atoms with E-state index in [1.165, 1.54) is 0 Å². The van der Waals surface area contributed by atoms with Crippen LogP contribution in [-0.4, -0.2) is 24.7 Å². The quantitative estimate of drug-likeness (QED) is 0.408.